The maximum Gasteiger partial charge on any atom is 0.416 e. The Bertz CT molecular complexity index is 1190. The Morgan fingerprint density at radius 3 is 2.31 bits per heavy atom. The van der Waals surface area contributed by atoms with E-state index in [2.05, 4.69) is 15.5 Å². The van der Waals surface area contributed by atoms with Crippen LogP contribution in [-0.2, 0) is 6.18 Å². The first-order chi connectivity index (χ1) is 13.9. The van der Waals surface area contributed by atoms with Gasteiger partial charge in [-0.05, 0) is 24.3 Å². The van der Waals surface area contributed by atoms with Crippen molar-refractivity contribution in [2.75, 3.05) is 5.32 Å². The van der Waals surface area contributed by atoms with Gasteiger partial charge in [0.2, 0.25) is 0 Å². The highest BCUT2D eigenvalue weighted by Crippen LogP contribution is 2.32. The Morgan fingerprint density at radius 1 is 0.828 bits per heavy atom. The third-order valence-corrected chi connectivity index (χ3v) is 4.39. The monoisotopic (exact) mass is 393 g/mol. The molecular formula is C22H14F3N3O. The summed E-state index contributed by atoms with van der Waals surface area (Å²) in [5, 5.41) is 11.5. The Hall–Kier alpha value is -3.74. The molecule has 0 atom stereocenters. The van der Waals surface area contributed by atoms with Crippen molar-refractivity contribution >= 4 is 22.5 Å². The smallest absolute Gasteiger partial charge is 0.322 e. The van der Waals surface area contributed by atoms with Crippen LogP contribution in [0.15, 0.2) is 78.9 Å². The number of nitrogens with zero attached hydrogens (tertiary/aromatic N) is 2. The van der Waals surface area contributed by atoms with E-state index in [1.54, 1.807) is 48.5 Å². The molecule has 0 bridgehead atoms. The Balaban J connectivity index is 1.81. The minimum absolute atomic E-state index is 0.0460. The summed E-state index contributed by atoms with van der Waals surface area (Å²) in [7, 11) is 0. The molecular weight excluding hydrogens is 379 g/mol. The summed E-state index contributed by atoms with van der Waals surface area (Å²) in [6, 6.07) is 20.5. The van der Waals surface area contributed by atoms with Crippen molar-refractivity contribution in [3.8, 4) is 11.3 Å². The summed E-state index contributed by atoms with van der Waals surface area (Å²) >= 11 is 0. The molecule has 0 unspecified atom stereocenters. The number of amides is 1. The molecule has 144 valence electrons. The van der Waals surface area contributed by atoms with Crippen LogP contribution in [0.25, 0.3) is 22.2 Å². The van der Waals surface area contributed by atoms with E-state index in [1.165, 1.54) is 12.1 Å². The third kappa shape index (κ3) is 3.80. The molecule has 4 aromatic rings. The lowest BCUT2D eigenvalue weighted by Gasteiger charge is -2.13. The van der Waals surface area contributed by atoms with E-state index in [0.717, 1.165) is 12.1 Å². The van der Waals surface area contributed by atoms with Crippen LogP contribution >= 0.6 is 0 Å². The summed E-state index contributed by atoms with van der Waals surface area (Å²) in [6.45, 7) is 0. The zero-order valence-electron chi connectivity index (χ0n) is 14.9. The lowest BCUT2D eigenvalue weighted by atomic mass is 10.0. The zero-order valence-corrected chi connectivity index (χ0v) is 14.9. The Kier molecular flexibility index (Phi) is 4.72. The number of aromatic nitrogens is 2. The number of hydrogen-bond donors (Lipinski definition) is 1. The average Bonchev–Trinajstić information content (AvgIpc) is 2.73. The van der Waals surface area contributed by atoms with Gasteiger partial charge >= 0.3 is 6.18 Å². The number of fused-ring (bicyclic) bond motifs is 1. The largest absolute Gasteiger partial charge is 0.416 e. The maximum atomic E-state index is 13.1. The maximum absolute atomic E-state index is 13.1. The van der Waals surface area contributed by atoms with Gasteiger partial charge in [-0.25, -0.2) is 0 Å². The number of carbonyl (C=O) groups excluding carboxylic acids is 1. The molecule has 0 aliphatic carbocycles. The summed E-state index contributed by atoms with van der Waals surface area (Å²) in [4.78, 5) is 13.1. The van der Waals surface area contributed by atoms with E-state index >= 15 is 0 Å². The molecule has 4 rings (SSSR count). The first kappa shape index (κ1) is 18.6. The number of rotatable bonds is 3. The second kappa shape index (κ2) is 7.35. The molecule has 4 nitrogen and oxygen atoms in total. The lowest BCUT2D eigenvalue weighted by Crippen LogP contribution is -2.16. The molecule has 1 amide bonds. The highest BCUT2D eigenvalue weighted by molar-refractivity contribution is 6.15. The highest BCUT2D eigenvalue weighted by Gasteiger charge is 2.30. The van der Waals surface area contributed by atoms with Crippen LogP contribution < -0.4 is 5.32 Å². The summed E-state index contributed by atoms with van der Waals surface area (Å²) in [6.07, 6.45) is -4.50. The summed E-state index contributed by atoms with van der Waals surface area (Å²) in [5.41, 5.74) is 1.01. The molecule has 0 saturated heterocycles. The van der Waals surface area contributed by atoms with Gasteiger partial charge < -0.3 is 5.32 Å². The fourth-order valence-corrected chi connectivity index (χ4v) is 3.05. The first-order valence-electron chi connectivity index (χ1n) is 8.73. The van der Waals surface area contributed by atoms with Crippen molar-refractivity contribution in [1.29, 1.82) is 0 Å². The first-order valence-corrected chi connectivity index (χ1v) is 8.73. The van der Waals surface area contributed by atoms with E-state index in [0.29, 0.717) is 22.2 Å². The fourth-order valence-electron chi connectivity index (χ4n) is 3.05. The van der Waals surface area contributed by atoms with Gasteiger partial charge in [-0.15, -0.1) is 10.2 Å². The van der Waals surface area contributed by atoms with Gasteiger partial charge in [0.05, 0.1) is 16.6 Å². The lowest BCUT2D eigenvalue weighted by molar-refractivity contribution is -0.137. The highest BCUT2D eigenvalue weighted by atomic mass is 19.4. The molecule has 0 aliphatic rings. The Labute approximate surface area is 164 Å². The van der Waals surface area contributed by atoms with Gasteiger partial charge in [-0.3, -0.25) is 4.79 Å². The molecule has 29 heavy (non-hydrogen) atoms. The van der Waals surface area contributed by atoms with Gasteiger partial charge in [0.25, 0.3) is 5.91 Å². The van der Waals surface area contributed by atoms with Crippen molar-refractivity contribution in [1.82, 2.24) is 10.2 Å². The number of anilines is 1. The fraction of sp³-hybridized carbons (Fsp3) is 0.0455. The SMILES string of the molecule is O=C(Nc1cccc(C(F)(F)F)c1)c1c(-c2ccccc2)nnc2ccccc12. The quantitative estimate of drug-likeness (QED) is 0.495. The van der Waals surface area contributed by atoms with Crippen molar-refractivity contribution in [2.24, 2.45) is 0 Å². The van der Waals surface area contributed by atoms with Crippen LogP contribution in [0, 0.1) is 0 Å². The molecule has 1 N–H and O–H groups in total. The van der Waals surface area contributed by atoms with E-state index < -0.39 is 17.6 Å². The normalized spacial score (nSPS) is 11.4. The minimum Gasteiger partial charge on any atom is -0.322 e. The van der Waals surface area contributed by atoms with Crippen LogP contribution in [0.4, 0.5) is 18.9 Å². The molecule has 7 heteroatoms. The van der Waals surface area contributed by atoms with Crippen molar-refractivity contribution in [3.05, 3.63) is 90.0 Å². The molecule has 0 aliphatic heterocycles. The van der Waals surface area contributed by atoms with Gasteiger partial charge in [0, 0.05) is 16.6 Å². The van der Waals surface area contributed by atoms with E-state index in [1.807, 2.05) is 6.07 Å². The predicted molar refractivity (Wildman–Crippen MR) is 104 cm³/mol. The van der Waals surface area contributed by atoms with Crippen LogP contribution in [0.5, 0.6) is 0 Å². The van der Waals surface area contributed by atoms with E-state index in [9.17, 15) is 18.0 Å². The topological polar surface area (TPSA) is 54.9 Å². The van der Waals surface area contributed by atoms with Crippen molar-refractivity contribution in [2.45, 2.75) is 6.18 Å². The van der Waals surface area contributed by atoms with Gasteiger partial charge in [-0.1, -0.05) is 54.6 Å². The van der Waals surface area contributed by atoms with Crippen LogP contribution in [0.3, 0.4) is 0 Å². The van der Waals surface area contributed by atoms with Crippen molar-refractivity contribution in [3.63, 3.8) is 0 Å². The van der Waals surface area contributed by atoms with E-state index in [4.69, 9.17) is 0 Å². The second-order valence-electron chi connectivity index (χ2n) is 6.34. The van der Waals surface area contributed by atoms with Gasteiger partial charge in [0.1, 0.15) is 5.69 Å². The average molecular weight is 393 g/mol. The number of benzene rings is 3. The van der Waals surface area contributed by atoms with Crippen LogP contribution in [0.1, 0.15) is 15.9 Å². The van der Waals surface area contributed by atoms with Crippen LogP contribution in [0.2, 0.25) is 0 Å². The molecule has 1 aromatic heterocycles. The number of halogens is 3. The molecule has 0 fully saturated rings. The molecule has 0 radical (unpaired) electrons. The minimum atomic E-state index is -4.50. The molecule has 0 spiro atoms. The zero-order chi connectivity index (χ0) is 20.4. The number of hydrogen-bond acceptors (Lipinski definition) is 3. The Morgan fingerprint density at radius 2 is 1.55 bits per heavy atom. The van der Waals surface area contributed by atoms with Gasteiger partial charge in [-0.2, -0.15) is 13.2 Å². The number of nitrogens with one attached hydrogen (secondary N) is 1. The van der Waals surface area contributed by atoms with Gasteiger partial charge in [0.15, 0.2) is 0 Å². The summed E-state index contributed by atoms with van der Waals surface area (Å²) in [5.74, 6) is -0.561. The molecule has 0 saturated carbocycles. The predicted octanol–water partition coefficient (Wildman–Crippen LogP) is 5.57. The standard InChI is InChI=1S/C22H14F3N3O/c23-22(24,25)15-9-6-10-16(13-15)26-21(29)19-17-11-4-5-12-18(17)27-28-20(19)14-7-2-1-3-8-14/h1-13H,(H,26,29). The molecule has 3 aromatic carbocycles. The molecule has 1 heterocycles. The summed E-state index contributed by atoms with van der Waals surface area (Å²) < 4.78 is 39.0. The van der Waals surface area contributed by atoms with E-state index in [-0.39, 0.29) is 11.3 Å². The second-order valence-corrected chi connectivity index (χ2v) is 6.34. The number of alkyl halides is 3. The van der Waals surface area contributed by atoms with Crippen LogP contribution in [-0.4, -0.2) is 16.1 Å². The van der Waals surface area contributed by atoms with Crippen molar-refractivity contribution < 1.29 is 18.0 Å². The third-order valence-electron chi connectivity index (χ3n) is 4.39. The number of carbonyl (C=O) groups is 1.